The summed E-state index contributed by atoms with van der Waals surface area (Å²) in [6, 6.07) is 12.7. The summed E-state index contributed by atoms with van der Waals surface area (Å²) in [6.45, 7) is 0.585. The lowest BCUT2D eigenvalue weighted by atomic mass is 10.0. The van der Waals surface area contributed by atoms with E-state index >= 15 is 0 Å². The van der Waals surface area contributed by atoms with Crippen LogP contribution >= 0.6 is 22.7 Å². The first-order valence-electron chi connectivity index (χ1n) is 10.8. The summed E-state index contributed by atoms with van der Waals surface area (Å²) in [5.41, 5.74) is 2.25. The van der Waals surface area contributed by atoms with Crippen molar-refractivity contribution in [2.24, 2.45) is 0 Å². The Labute approximate surface area is 202 Å². The zero-order chi connectivity index (χ0) is 23.2. The number of imide groups is 1. The summed E-state index contributed by atoms with van der Waals surface area (Å²) < 4.78 is 7.21. The van der Waals surface area contributed by atoms with Crippen LogP contribution in [0, 0.1) is 0 Å². The van der Waals surface area contributed by atoms with E-state index in [4.69, 9.17) is 4.74 Å². The van der Waals surface area contributed by atoms with Gasteiger partial charge in [-0.1, -0.05) is 18.2 Å². The Bertz CT molecular complexity index is 1430. The Morgan fingerprint density at radius 2 is 1.94 bits per heavy atom. The van der Waals surface area contributed by atoms with Crippen molar-refractivity contribution in [1.29, 1.82) is 0 Å². The third kappa shape index (κ3) is 3.64. The molecular formula is C24H18N4O4S2. The number of nitrogens with one attached hydrogen (secondary N) is 1. The predicted molar refractivity (Wildman–Crippen MR) is 128 cm³/mol. The number of fused-ring (bicyclic) bond motifs is 2. The number of carbonyl (C=O) groups excluding carboxylic acids is 3. The first-order valence-corrected chi connectivity index (χ1v) is 12.4. The summed E-state index contributed by atoms with van der Waals surface area (Å²) in [5, 5.41) is 4.05. The Balaban J connectivity index is 1.18. The number of hydrogen-bond acceptors (Lipinski definition) is 8. The van der Waals surface area contributed by atoms with Crippen molar-refractivity contribution in [3.63, 3.8) is 0 Å². The number of nitrogens with zero attached hydrogens (tertiary/aromatic N) is 3. The molecule has 2 aliphatic rings. The average Bonchev–Trinajstić information content (AvgIpc) is 3.55. The standard InChI is InChI=1S/C24H18N4O4S2/c29-20-9-8-17(21(30)27-20)28-11-15-14(24(28)31)4-3-6-18(15)32-12-13-10-25-22(33-13)23-26-16-5-1-2-7-19(16)34-23/h1-7,10,17H,8-9,11-12H2,(H,27,29,30). The van der Waals surface area contributed by atoms with E-state index < -0.39 is 11.9 Å². The first-order chi connectivity index (χ1) is 16.6. The third-order valence-corrected chi connectivity index (χ3v) is 8.09. The highest BCUT2D eigenvalue weighted by Gasteiger charge is 2.40. The largest absolute Gasteiger partial charge is 0.488 e. The fraction of sp³-hybridized carbons (Fsp3) is 0.208. The van der Waals surface area contributed by atoms with Gasteiger partial charge in [0.25, 0.3) is 5.91 Å². The van der Waals surface area contributed by atoms with Gasteiger partial charge in [-0.3, -0.25) is 19.7 Å². The van der Waals surface area contributed by atoms with Gasteiger partial charge in [0.2, 0.25) is 11.8 Å². The molecule has 2 aromatic carbocycles. The molecule has 2 aliphatic heterocycles. The van der Waals surface area contributed by atoms with Crippen molar-refractivity contribution in [2.75, 3.05) is 0 Å². The fourth-order valence-corrected chi connectivity index (χ4v) is 6.10. The van der Waals surface area contributed by atoms with Crippen LogP contribution in [-0.2, 0) is 22.7 Å². The van der Waals surface area contributed by atoms with Crippen LogP contribution in [0.3, 0.4) is 0 Å². The summed E-state index contributed by atoms with van der Waals surface area (Å²) in [7, 11) is 0. The Kier molecular flexibility index (Phi) is 5.11. The highest BCUT2D eigenvalue weighted by Crippen LogP contribution is 2.35. The van der Waals surface area contributed by atoms with Gasteiger partial charge in [-0.05, 0) is 30.7 Å². The van der Waals surface area contributed by atoms with Crippen LogP contribution in [0.4, 0.5) is 0 Å². The van der Waals surface area contributed by atoms with Gasteiger partial charge in [-0.25, -0.2) is 9.97 Å². The molecule has 0 bridgehead atoms. The molecule has 0 aliphatic carbocycles. The molecule has 1 N–H and O–H groups in total. The third-order valence-electron chi connectivity index (χ3n) is 5.94. The van der Waals surface area contributed by atoms with Gasteiger partial charge >= 0.3 is 0 Å². The average molecular weight is 491 g/mol. The number of thiazole rings is 2. The van der Waals surface area contributed by atoms with Gasteiger partial charge in [0.1, 0.15) is 18.4 Å². The normalized spacial score (nSPS) is 17.8. The molecule has 0 spiro atoms. The van der Waals surface area contributed by atoms with Gasteiger partial charge in [-0.2, -0.15) is 0 Å². The highest BCUT2D eigenvalue weighted by atomic mass is 32.1. The zero-order valence-corrected chi connectivity index (χ0v) is 19.4. The number of piperidine rings is 1. The molecule has 3 amide bonds. The van der Waals surface area contributed by atoms with Crippen molar-refractivity contribution >= 4 is 50.6 Å². The maximum Gasteiger partial charge on any atom is 0.255 e. The van der Waals surface area contributed by atoms with Gasteiger partial charge in [0.05, 0.1) is 21.6 Å². The summed E-state index contributed by atoms with van der Waals surface area (Å²) >= 11 is 3.14. The molecule has 4 aromatic rings. The lowest BCUT2D eigenvalue weighted by Crippen LogP contribution is -2.52. The smallest absolute Gasteiger partial charge is 0.255 e. The molecule has 1 atom stereocenters. The van der Waals surface area contributed by atoms with Crippen LogP contribution in [0.25, 0.3) is 20.2 Å². The topological polar surface area (TPSA) is 101 Å². The lowest BCUT2D eigenvalue weighted by Gasteiger charge is -2.29. The second-order valence-electron chi connectivity index (χ2n) is 8.09. The number of carbonyl (C=O) groups is 3. The number of amides is 3. The number of hydrogen-bond donors (Lipinski definition) is 1. The van der Waals surface area contributed by atoms with Crippen molar-refractivity contribution in [1.82, 2.24) is 20.2 Å². The summed E-state index contributed by atoms with van der Waals surface area (Å²) in [4.78, 5) is 48.4. The van der Waals surface area contributed by atoms with Crippen molar-refractivity contribution in [3.8, 4) is 15.8 Å². The molecule has 10 heteroatoms. The van der Waals surface area contributed by atoms with Crippen molar-refractivity contribution < 1.29 is 19.1 Å². The quantitative estimate of drug-likeness (QED) is 0.428. The minimum absolute atomic E-state index is 0.217. The number of benzene rings is 2. The molecule has 1 unspecified atom stereocenters. The highest BCUT2D eigenvalue weighted by molar-refractivity contribution is 7.25. The van der Waals surface area contributed by atoms with E-state index in [1.165, 1.54) is 16.2 Å². The number of rotatable bonds is 5. The molecule has 34 heavy (non-hydrogen) atoms. The monoisotopic (exact) mass is 490 g/mol. The number of ether oxygens (including phenoxy) is 1. The molecule has 4 heterocycles. The van der Waals surface area contributed by atoms with Crippen LogP contribution in [0.2, 0.25) is 0 Å². The van der Waals surface area contributed by atoms with Gasteiger partial charge in [-0.15, -0.1) is 22.7 Å². The summed E-state index contributed by atoms with van der Waals surface area (Å²) in [5.74, 6) is -0.336. The van der Waals surface area contributed by atoms with Crippen LogP contribution in [0.5, 0.6) is 5.75 Å². The van der Waals surface area contributed by atoms with Crippen molar-refractivity contribution in [2.45, 2.75) is 32.0 Å². The molecule has 1 fully saturated rings. The Hall–Kier alpha value is -3.63. The van der Waals surface area contributed by atoms with Crippen LogP contribution in [0.15, 0.2) is 48.7 Å². The fourth-order valence-electron chi connectivity index (χ4n) is 4.28. The van der Waals surface area contributed by atoms with E-state index in [-0.39, 0.29) is 24.8 Å². The molecule has 1 saturated heterocycles. The number of aromatic nitrogens is 2. The van der Waals surface area contributed by atoms with E-state index in [2.05, 4.69) is 15.3 Å². The lowest BCUT2D eigenvalue weighted by molar-refractivity contribution is -0.136. The Morgan fingerprint density at radius 1 is 1.06 bits per heavy atom. The van der Waals surface area contributed by atoms with E-state index in [1.807, 2.05) is 30.3 Å². The first kappa shape index (κ1) is 20.9. The minimum atomic E-state index is -0.650. The Morgan fingerprint density at radius 3 is 2.79 bits per heavy atom. The van der Waals surface area contributed by atoms with Gasteiger partial charge < -0.3 is 9.64 Å². The molecule has 170 valence electrons. The van der Waals surface area contributed by atoms with E-state index in [0.717, 1.165) is 30.7 Å². The second kappa shape index (κ2) is 8.30. The maximum absolute atomic E-state index is 13.0. The predicted octanol–water partition coefficient (Wildman–Crippen LogP) is 3.76. The van der Waals surface area contributed by atoms with Crippen molar-refractivity contribution in [3.05, 3.63) is 64.7 Å². The molecule has 0 saturated carbocycles. The molecule has 8 nitrogen and oxygen atoms in total. The van der Waals surface area contributed by atoms with Gasteiger partial charge in [0.15, 0.2) is 10.0 Å². The van der Waals surface area contributed by atoms with Crippen LogP contribution in [0.1, 0.15) is 33.6 Å². The molecule has 6 rings (SSSR count). The molecule has 0 radical (unpaired) electrons. The van der Waals surface area contributed by atoms with E-state index in [0.29, 0.717) is 24.3 Å². The van der Waals surface area contributed by atoms with E-state index in [9.17, 15) is 14.4 Å². The molecular weight excluding hydrogens is 472 g/mol. The SMILES string of the molecule is O=C1CCC(N2Cc3c(OCc4cnc(-c5nc6ccccc6s5)s4)cccc3C2=O)C(=O)N1. The van der Waals surface area contributed by atoms with Crippen LogP contribution < -0.4 is 10.1 Å². The second-order valence-corrected chi connectivity index (χ2v) is 10.2. The minimum Gasteiger partial charge on any atom is -0.488 e. The van der Waals surface area contributed by atoms with Gasteiger partial charge in [0, 0.05) is 23.7 Å². The maximum atomic E-state index is 13.0. The zero-order valence-electron chi connectivity index (χ0n) is 17.8. The van der Waals surface area contributed by atoms with Crippen LogP contribution in [-0.4, -0.2) is 38.6 Å². The number of para-hydroxylation sites is 1. The summed E-state index contributed by atoms with van der Waals surface area (Å²) in [6.07, 6.45) is 2.34. The molecule has 2 aromatic heterocycles. The van der Waals surface area contributed by atoms with E-state index in [1.54, 1.807) is 29.7 Å².